The lowest BCUT2D eigenvalue weighted by Gasteiger charge is -2.26. The molecular formula is C13H17FN2O. The fourth-order valence-electron chi connectivity index (χ4n) is 1.90. The van der Waals surface area contributed by atoms with Gasteiger partial charge in [0.25, 0.3) is 0 Å². The van der Waals surface area contributed by atoms with Crippen molar-refractivity contribution in [3.05, 3.63) is 35.6 Å². The van der Waals surface area contributed by atoms with E-state index in [9.17, 15) is 4.39 Å². The molecule has 0 amide bonds. The predicted octanol–water partition coefficient (Wildman–Crippen LogP) is 2.29. The summed E-state index contributed by atoms with van der Waals surface area (Å²) >= 11 is 0. The number of aliphatic imine (C=N–C) groups is 1. The standard InChI is InChI=1S/C13H17FN2O/c1-3-17-13-9(2)15-8-12(16-13)10-5-4-6-11(14)7-10/h4-7,9,12,15H,3,8H2,1-2H3/t9?,12-/m0/s1. The molecule has 17 heavy (non-hydrogen) atoms. The first kappa shape index (κ1) is 12.0. The number of ether oxygens (including phenoxy) is 1. The molecule has 3 nitrogen and oxygen atoms in total. The number of rotatable bonds is 2. The van der Waals surface area contributed by atoms with Crippen LogP contribution in [0, 0.1) is 5.82 Å². The first-order valence-corrected chi connectivity index (χ1v) is 5.90. The molecule has 0 saturated carbocycles. The Hall–Kier alpha value is -1.42. The summed E-state index contributed by atoms with van der Waals surface area (Å²) in [4.78, 5) is 4.53. The zero-order valence-corrected chi connectivity index (χ0v) is 10.1. The van der Waals surface area contributed by atoms with Gasteiger partial charge in [-0.1, -0.05) is 12.1 Å². The molecule has 1 aliphatic rings. The Morgan fingerprint density at radius 1 is 1.53 bits per heavy atom. The fraction of sp³-hybridized carbons (Fsp3) is 0.462. The minimum Gasteiger partial charge on any atom is -0.480 e. The van der Waals surface area contributed by atoms with Crippen LogP contribution in [0.15, 0.2) is 29.3 Å². The zero-order valence-electron chi connectivity index (χ0n) is 10.1. The van der Waals surface area contributed by atoms with Crippen molar-refractivity contribution in [1.82, 2.24) is 5.32 Å². The summed E-state index contributed by atoms with van der Waals surface area (Å²) in [5, 5.41) is 3.31. The largest absolute Gasteiger partial charge is 0.480 e. The van der Waals surface area contributed by atoms with E-state index in [1.165, 1.54) is 12.1 Å². The van der Waals surface area contributed by atoms with Crippen LogP contribution in [0.5, 0.6) is 0 Å². The van der Waals surface area contributed by atoms with E-state index in [0.717, 1.165) is 5.56 Å². The highest BCUT2D eigenvalue weighted by atomic mass is 19.1. The molecule has 92 valence electrons. The molecule has 1 heterocycles. The second kappa shape index (κ2) is 5.27. The van der Waals surface area contributed by atoms with Gasteiger partial charge in [-0.2, -0.15) is 0 Å². The molecule has 0 aromatic heterocycles. The van der Waals surface area contributed by atoms with Crippen molar-refractivity contribution in [2.75, 3.05) is 13.2 Å². The van der Waals surface area contributed by atoms with Crippen LogP contribution in [0.2, 0.25) is 0 Å². The van der Waals surface area contributed by atoms with Gasteiger partial charge in [0.1, 0.15) is 5.82 Å². The molecule has 0 spiro atoms. The third-order valence-corrected chi connectivity index (χ3v) is 2.80. The number of halogens is 1. The molecule has 2 atom stereocenters. The average Bonchev–Trinajstić information content (AvgIpc) is 2.32. The van der Waals surface area contributed by atoms with Gasteiger partial charge in [0.15, 0.2) is 0 Å². The van der Waals surface area contributed by atoms with Gasteiger partial charge in [0, 0.05) is 6.54 Å². The number of nitrogens with one attached hydrogen (secondary N) is 1. The molecule has 4 heteroatoms. The molecule has 1 unspecified atom stereocenters. The lowest BCUT2D eigenvalue weighted by Crippen LogP contribution is -2.42. The molecule has 1 aliphatic heterocycles. The molecule has 0 radical (unpaired) electrons. The predicted molar refractivity (Wildman–Crippen MR) is 65.7 cm³/mol. The Morgan fingerprint density at radius 2 is 2.35 bits per heavy atom. The minimum atomic E-state index is -0.228. The smallest absolute Gasteiger partial charge is 0.201 e. The minimum absolute atomic E-state index is 0.0663. The summed E-state index contributed by atoms with van der Waals surface area (Å²) < 4.78 is 18.6. The Morgan fingerprint density at radius 3 is 3.06 bits per heavy atom. The highest BCUT2D eigenvalue weighted by Gasteiger charge is 2.22. The summed E-state index contributed by atoms with van der Waals surface area (Å²) in [6, 6.07) is 6.62. The van der Waals surface area contributed by atoms with Crippen molar-refractivity contribution in [3.8, 4) is 0 Å². The fourth-order valence-corrected chi connectivity index (χ4v) is 1.90. The second-order valence-corrected chi connectivity index (χ2v) is 4.10. The Balaban J connectivity index is 2.22. The number of nitrogens with zero attached hydrogens (tertiary/aromatic N) is 1. The maximum absolute atomic E-state index is 13.1. The van der Waals surface area contributed by atoms with E-state index in [0.29, 0.717) is 19.0 Å². The summed E-state index contributed by atoms with van der Waals surface area (Å²) in [7, 11) is 0. The molecular weight excluding hydrogens is 219 g/mol. The summed E-state index contributed by atoms with van der Waals surface area (Å²) in [5.41, 5.74) is 0.876. The normalized spacial score (nSPS) is 24.3. The van der Waals surface area contributed by atoms with Crippen LogP contribution < -0.4 is 5.32 Å². The molecule has 1 aromatic carbocycles. The van der Waals surface area contributed by atoms with Crippen LogP contribution in [-0.2, 0) is 4.74 Å². The van der Waals surface area contributed by atoms with Crippen LogP contribution >= 0.6 is 0 Å². The quantitative estimate of drug-likeness (QED) is 0.854. The molecule has 1 N–H and O–H groups in total. The van der Waals surface area contributed by atoms with Crippen LogP contribution in [0.25, 0.3) is 0 Å². The van der Waals surface area contributed by atoms with Crippen molar-refractivity contribution in [2.24, 2.45) is 4.99 Å². The molecule has 0 aliphatic carbocycles. The van der Waals surface area contributed by atoms with Gasteiger partial charge in [-0.3, -0.25) is 0 Å². The van der Waals surface area contributed by atoms with E-state index >= 15 is 0 Å². The summed E-state index contributed by atoms with van der Waals surface area (Å²) in [6.45, 7) is 5.25. The summed E-state index contributed by atoms with van der Waals surface area (Å²) in [6.07, 6.45) is 0. The number of hydrogen-bond acceptors (Lipinski definition) is 3. The highest BCUT2D eigenvalue weighted by Crippen LogP contribution is 2.21. The monoisotopic (exact) mass is 236 g/mol. The SMILES string of the molecule is CCOC1=N[C@H](c2cccc(F)c2)CNC1C. The maximum Gasteiger partial charge on any atom is 0.201 e. The first-order chi connectivity index (χ1) is 8.20. The number of hydrogen-bond donors (Lipinski definition) is 1. The van der Waals surface area contributed by atoms with Gasteiger partial charge in [-0.25, -0.2) is 9.38 Å². The van der Waals surface area contributed by atoms with Crippen LogP contribution in [0.3, 0.4) is 0 Å². The number of benzene rings is 1. The van der Waals surface area contributed by atoms with E-state index in [-0.39, 0.29) is 17.9 Å². The van der Waals surface area contributed by atoms with E-state index < -0.39 is 0 Å². The van der Waals surface area contributed by atoms with Crippen molar-refractivity contribution in [1.29, 1.82) is 0 Å². The second-order valence-electron chi connectivity index (χ2n) is 4.10. The van der Waals surface area contributed by atoms with Gasteiger partial charge < -0.3 is 10.1 Å². The molecule has 0 fully saturated rings. The lowest BCUT2D eigenvalue weighted by atomic mass is 10.1. The van der Waals surface area contributed by atoms with Gasteiger partial charge in [-0.15, -0.1) is 0 Å². The Bertz CT molecular complexity index is 420. The Labute approximate surface area is 101 Å². The molecule has 0 bridgehead atoms. The third-order valence-electron chi connectivity index (χ3n) is 2.80. The third kappa shape index (κ3) is 2.82. The first-order valence-electron chi connectivity index (χ1n) is 5.90. The van der Waals surface area contributed by atoms with Crippen molar-refractivity contribution < 1.29 is 9.13 Å². The van der Waals surface area contributed by atoms with Crippen molar-refractivity contribution in [3.63, 3.8) is 0 Å². The van der Waals surface area contributed by atoms with Crippen molar-refractivity contribution in [2.45, 2.75) is 25.9 Å². The average molecular weight is 236 g/mol. The maximum atomic E-state index is 13.1. The molecule has 2 rings (SSSR count). The van der Waals surface area contributed by atoms with Gasteiger partial charge in [-0.05, 0) is 31.5 Å². The Kier molecular flexibility index (Phi) is 3.74. The van der Waals surface area contributed by atoms with E-state index in [4.69, 9.17) is 4.74 Å². The highest BCUT2D eigenvalue weighted by molar-refractivity contribution is 5.82. The van der Waals surface area contributed by atoms with Gasteiger partial charge in [0.2, 0.25) is 5.90 Å². The zero-order chi connectivity index (χ0) is 12.3. The van der Waals surface area contributed by atoms with Crippen LogP contribution in [-0.4, -0.2) is 25.1 Å². The van der Waals surface area contributed by atoms with Gasteiger partial charge >= 0.3 is 0 Å². The van der Waals surface area contributed by atoms with E-state index in [2.05, 4.69) is 10.3 Å². The van der Waals surface area contributed by atoms with Gasteiger partial charge in [0.05, 0.1) is 18.7 Å². The van der Waals surface area contributed by atoms with E-state index in [1.54, 1.807) is 6.07 Å². The molecule has 0 saturated heterocycles. The topological polar surface area (TPSA) is 33.6 Å². The molecule has 1 aromatic rings. The van der Waals surface area contributed by atoms with Crippen molar-refractivity contribution >= 4 is 5.90 Å². The summed E-state index contributed by atoms with van der Waals surface area (Å²) in [5.74, 6) is 0.474. The van der Waals surface area contributed by atoms with Crippen LogP contribution in [0.1, 0.15) is 25.5 Å². The van der Waals surface area contributed by atoms with Crippen LogP contribution in [0.4, 0.5) is 4.39 Å². The lowest BCUT2D eigenvalue weighted by molar-refractivity contribution is 0.292. The van der Waals surface area contributed by atoms with E-state index in [1.807, 2.05) is 19.9 Å².